The number of nitrogens with two attached hydrogens (primary N) is 1. The summed E-state index contributed by atoms with van der Waals surface area (Å²) in [5, 5.41) is 5.11. The molecule has 186 valence electrons. The standard InChI is InChI=1S/C27H31N7O2/c1-31(2)27(36)20-6-4-18(5-7-20)19-9-12-33(13-10-19)17-22-15-23-24(8-11-29-26(23)32(22)3)34-25(35)14-21(28)16-30-34/h4-8,11,14-16,19H,9-10,12-13,17,28H2,1-3H3. The van der Waals surface area contributed by atoms with Crippen LogP contribution in [0.2, 0.25) is 0 Å². The van der Waals surface area contributed by atoms with Crippen molar-refractivity contribution in [2.24, 2.45) is 7.05 Å². The molecular weight excluding hydrogens is 454 g/mol. The SMILES string of the molecule is CN(C)C(=O)c1ccc(C2CCN(Cc3cc4c(-n5ncc(N)cc5=O)ccnc4n3C)CC2)cc1. The zero-order valence-electron chi connectivity index (χ0n) is 20.9. The molecule has 1 amide bonds. The summed E-state index contributed by atoms with van der Waals surface area (Å²) in [6.07, 6.45) is 5.32. The fourth-order valence-electron chi connectivity index (χ4n) is 5.01. The molecule has 0 atom stereocenters. The summed E-state index contributed by atoms with van der Waals surface area (Å²) in [7, 11) is 5.55. The third-order valence-electron chi connectivity index (χ3n) is 7.06. The Morgan fingerprint density at radius 2 is 1.83 bits per heavy atom. The van der Waals surface area contributed by atoms with E-state index in [1.807, 2.05) is 19.2 Å². The zero-order chi connectivity index (χ0) is 25.4. The highest BCUT2D eigenvalue weighted by molar-refractivity contribution is 5.93. The molecule has 2 N–H and O–H groups in total. The molecule has 9 heteroatoms. The minimum Gasteiger partial charge on any atom is -0.397 e. The maximum Gasteiger partial charge on any atom is 0.273 e. The minimum atomic E-state index is -0.269. The minimum absolute atomic E-state index is 0.0287. The molecule has 1 fully saturated rings. The summed E-state index contributed by atoms with van der Waals surface area (Å²) >= 11 is 0. The van der Waals surface area contributed by atoms with E-state index in [0.29, 0.717) is 17.3 Å². The van der Waals surface area contributed by atoms with Crippen molar-refractivity contribution in [2.45, 2.75) is 25.3 Å². The van der Waals surface area contributed by atoms with Gasteiger partial charge in [0.25, 0.3) is 11.5 Å². The van der Waals surface area contributed by atoms with Crippen LogP contribution in [0, 0.1) is 0 Å². The van der Waals surface area contributed by atoms with Crippen LogP contribution in [0.25, 0.3) is 16.7 Å². The molecular formula is C27H31N7O2. The molecule has 1 saturated heterocycles. The summed E-state index contributed by atoms with van der Waals surface area (Å²) in [6, 6.07) is 13.4. The fraction of sp³-hybridized carbons (Fsp3) is 0.333. The molecule has 0 saturated carbocycles. The number of amides is 1. The second-order valence-electron chi connectivity index (χ2n) is 9.67. The Hall–Kier alpha value is -3.98. The molecule has 4 aromatic rings. The molecule has 1 aromatic carbocycles. The number of hydrogen-bond donors (Lipinski definition) is 1. The number of rotatable bonds is 5. The van der Waals surface area contributed by atoms with Gasteiger partial charge in [0.1, 0.15) is 5.65 Å². The number of hydrogen-bond acceptors (Lipinski definition) is 6. The largest absolute Gasteiger partial charge is 0.397 e. The van der Waals surface area contributed by atoms with E-state index in [1.54, 1.807) is 31.3 Å². The van der Waals surface area contributed by atoms with Crippen LogP contribution in [0.1, 0.15) is 40.4 Å². The van der Waals surface area contributed by atoms with Crippen LogP contribution in [-0.4, -0.2) is 62.2 Å². The van der Waals surface area contributed by atoms with Gasteiger partial charge >= 0.3 is 0 Å². The van der Waals surface area contributed by atoms with E-state index in [2.05, 4.69) is 37.7 Å². The van der Waals surface area contributed by atoms with Gasteiger partial charge in [-0.05, 0) is 61.7 Å². The van der Waals surface area contributed by atoms with Crippen molar-refractivity contribution >= 4 is 22.6 Å². The van der Waals surface area contributed by atoms with E-state index in [1.165, 1.54) is 22.5 Å². The van der Waals surface area contributed by atoms with E-state index in [-0.39, 0.29) is 11.5 Å². The van der Waals surface area contributed by atoms with Gasteiger partial charge in [-0.3, -0.25) is 14.5 Å². The molecule has 5 rings (SSSR count). The first-order chi connectivity index (χ1) is 17.3. The van der Waals surface area contributed by atoms with Crippen LogP contribution in [0.15, 0.2) is 59.7 Å². The lowest BCUT2D eigenvalue weighted by Gasteiger charge is -2.32. The van der Waals surface area contributed by atoms with Crippen LogP contribution < -0.4 is 11.3 Å². The molecule has 0 spiro atoms. The van der Waals surface area contributed by atoms with Crippen LogP contribution >= 0.6 is 0 Å². The quantitative estimate of drug-likeness (QED) is 0.466. The van der Waals surface area contributed by atoms with E-state index in [0.717, 1.165) is 54.8 Å². The van der Waals surface area contributed by atoms with Gasteiger partial charge in [-0.15, -0.1) is 0 Å². The van der Waals surface area contributed by atoms with E-state index < -0.39 is 0 Å². The van der Waals surface area contributed by atoms with E-state index >= 15 is 0 Å². The molecule has 36 heavy (non-hydrogen) atoms. The van der Waals surface area contributed by atoms with Crippen molar-refractivity contribution in [3.63, 3.8) is 0 Å². The summed E-state index contributed by atoms with van der Waals surface area (Å²) in [4.78, 5) is 33.3. The summed E-state index contributed by atoms with van der Waals surface area (Å²) in [5.74, 6) is 0.523. The third-order valence-corrected chi connectivity index (χ3v) is 7.06. The average Bonchev–Trinajstić information content (AvgIpc) is 3.19. The number of benzene rings is 1. The van der Waals surface area contributed by atoms with Gasteiger partial charge < -0.3 is 15.2 Å². The van der Waals surface area contributed by atoms with E-state index in [4.69, 9.17) is 5.73 Å². The molecule has 1 aliphatic heterocycles. The summed E-state index contributed by atoms with van der Waals surface area (Å²) in [5.41, 5.74) is 10.5. The van der Waals surface area contributed by atoms with Gasteiger partial charge in [0.05, 0.1) is 17.6 Å². The Kier molecular flexibility index (Phi) is 6.32. The Bertz CT molecular complexity index is 1460. The topological polar surface area (TPSA) is 102 Å². The van der Waals surface area contributed by atoms with Gasteiger partial charge in [-0.25, -0.2) is 4.98 Å². The maximum atomic E-state index is 12.5. The number of nitrogens with zero attached hydrogens (tertiary/aromatic N) is 6. The van der Waals surface area contributed by atoms with Crippen molar-refractivity contribution in [3.05, 3.63) is 82.0 Å². The zero-order valence-corrected chi connectivity index (χ0v) is 20.9. The average molecular weight is 486 g/mol. The van der Waals surface area contributed by atoms with Gasteiger partial charge in [-0.1, -0.05) is 12.1 Å². The second kappa shape index (κ2) is 9.58. The fourth-order valence-corrected chi connectivity index (χ4v) is 5.01. The van der Waals surface area contributed by atoms with Crippen molar-refractivity contribution in [1.29, 1.82) is 0 Å². The number of anilines is 1. The molecule has 1 aliphatic rings. The van der Waals surface area contributed by atoms with Gasteiger partial charge in [0.15, 0.2) is 0 Å². The first-order valence-corrected chi connectivity index (χ1v) is 12.1. The van der Waals surface area contributed by atoms with Gasteiger partial charge in [0.2, 0.25) is 0 Å². The number of likely N-dealkylation sites (tertiary alicyclic amines) is 1. The molecule has 4 heterocycles. The first-order valence-electron chi connectivity index (χ1n) is 12.1. The van der Waals surface area contributed by atoms with Crippen molar-refractivity contribution < 1.29 is 4.79 Å². The normalized spacial score (nSPS) is 14.9. The first kappa shape index (κ1) is 23.7. The lowest BCUT2D eigenvalue weighted by atomic mass is 9.89. The number of fused-ring (bicyclic) bond motifs is 1. The van der Waals surface area contributed by atoms with Gasteiger partial charge in [0, 0.05) is 56.6 Å². The highest BCUT2D eigenvalue weighted by atomic mass is 16.2. The number of nitrogen functional groups attached to an aromatic ring is 1. The molecule has 0 unspecified atom stereocenters. The van der Waals surface area contributed by atoms with Crippen molar-refractivity contribution in [2.75, 3.05) is 32.9 Å². The number of carbonyl (C=O) groups excluding carboxylic acids is 1. The molecule has 0 radical (unpaired) electrons. The number of carbonyl (C=O) groups is 1. The predicted octanol–water partition coefficient (Wildman–Crippen LogP) is 2.78. The Morgan fingerprint density at radius 3 is 2.50 bits per heavy atom. The number of aromatic nitrogens is 4. The Morgan fingerprint density at radius 1 is 1.11 bits per heavy atom. The van der Waals surface area contributed by atoms with Crippen LogP contribution in [-0.2, 0) is 13.6 Å². The lowest BCUT2D eigenvalue weighted by Crippen LogP contribution is -2.33. The molecule has 9 nitrogen and oxygen atoms in total. The highest BCUT2D eigenvalue weighted by Gasteiger charge is 2.23. The summed E-state index contributed by atoms with van der Waals surface area (Å²) in [6.45, 7) is 2.78. The van der Waals surface area contributed by atoms with Crippen LogP contribution in [0.5, 0.6) is 0 Å². The highest BCUT2D eigenvalue weighted by Crippen LogP contribution is 2.30. The van der Waals surface area contributed by atoms with Crippen LogP contribution in [0.4, 0.5) is 5.69 Å². The lowest BCUT2D eigenvalue weighted by molar-refractivity contribution is 0.0827. The molecule has 3 aromatic heterocycles. The third kappa shape index (κ3) is 4.49. The summed E-state index contributed by atoms with van der Waals surface area (Å²) < 4.78 is 3.46. The Labute approximate surface area is 209 Å². The monoisotopic (exact) mass is 485 g/mol. The molecule has 0 aliphatic carbocycles. The smallest absolute Gasteiger partial charge is 0.273 e. The van der Waals surface area contributed by atoms with E-state index in [9.17, 15) is 9.59 Å². The second-order valence-corrected chi connectivity index (χ2v) is 9.67. The predicted molar refractivity (Wildman–Crippen MR) is 140 cm³/mol. The number of piperidine rings is 1. The van der Waals surface area contributed by atoms with Gasteiger partial charge in [-0.2, -0.15) is 9.78 Å². The number of pyridine rings is 1. The van der Waals surface area contributed by atoms with Crippen molar-refractivity contribution in [3.8, 4) is 5.69 Å². The van der Waals surface area contributed by atoms with Crippen molar-refractivity contribution in [1.82, 2.24) is 29.1 Å². The number of aryl methyl sites for hydroxylation is 1. The van der Waals surface area contributed by atoms with Crippen LogP contribution in [0.3, 0.4) is 0 Å². The molecule has 0 bridgehead atoms. The Balaban J connectivity index is 1.30. The maximum absolute atomic E-state index is 12.5.